The predicted octanol–water partition coefficient (Wildman–Crippen LogP) is -1.54. The van der Waals surface area contributed by atoms with E-state index < -0.39 is 11.7 Å². The van der Waals surface area contributed by atoms with E-state index in [0.29, 0.717) is 0 Å². The summed E-state index contributed by atoms with van der Waals surface area (Å²) in [6.07, 6.45) is 0.0725. The molecule has 0 aromatic heterocycles. The third kappa shape index (κ3) is 3.29. The number of rotatable bonds is 2. The number of nitrogens with two attached hydrogens (primary N) is 2. The normalized spacial score (nSPS) is 14.8. The van der Waals surface area contributed by atoms with Gasteiger partial charge in [-0.05, 0) is 6.42 Å². The molecule has 0 bridgehead atoms. The van der Waals surface area contributed by atoms with Crippen LogP contribution in [0.3, 0.4) is 0 Å². The Morgan fingerprint density at radius 2 is 2.20 bits per heavy atom. The van der Waals surface area contributed by atoms with Gasteiger partial charge >= 0.3 is 5.97 Å². The van der Waals surface area contributed by atoms with Gasteiger partial charge in [0.25, 0.3) is 0 Å². The Balaban J connectivity index is 0. The molecule has 0 aromatic carbocycles. The van der Waals surface area contributed by atoms with E-state index in [-0.39, 0.29) is 28.1 Å². The topological polar surface area (TPSA) is 98.6 Å². The van der Waals surface area contributed by atoms with E-state index in [1.54, 1.807) is 0 Å². The molecule has 58 valence electrons. The van der Waals surface area contributed by atoms with Crippen molar-refractivity contribution < 1.29 is 36.5 Å². The van der Waals surface area contributed by atoms with Crippen LogP contribution >= 0.6 is 0 Å². The number of hydrogen-bond acceptors (Lipinski definition) is 5. The van der Waals surface area contributed by atoms with Gasteiger partial charge in [-0.15, -0.1) is 0 Å². The first-order valence-corrected chi connectivity index (χ1v) is 2.47. The fourth-order valence-electron chi connectivity index (χ4n) is 0.246. The van der Waals surface area contributed by atoms with Gasteiger partial charge < -0.3 is 9.94 Å². The Hall–Kier alpha value is 0.0643. The van der Waals surface area contributed by atoms with Crippen molar-refractivity contribution in [2.24, 2.45) is 11.6 Å². The molecule has 0 aliphatic carbocycles. The van der Waals surface area contributed by atoms with Crippen LogP contribution in [0, 0.1) is 0 Å². The fraction of sp³-hybridized carbons (Fsp3) is 0.750. The van der Waals surface area contributed by atoms with Gasteiger partial charge in [0.05, 0.1) is 0 Å². The van der Waals surface area contributed by atoms with E-state index in [1.165, 1.54) is 6.92 Å². The summed E-state index contributed by atoms with van der Waals surface area (Å²) in [4.78, 5) is 14.0. The standard InChI is InChI=1S/C4H10N2O3.Ti/c1-2-4(5,8)3(7)9-6;/h8H,2,5-6H2,1H3;. The average molecular weight is 182 g/mol. The molecule has 1 unspecified atom stereocenters. The van der Waals surface area contributed by atoms with Crippen LogP contribution in [-0.2, 0) is 31.3 Å². The zero-order valence-electron chi connectivity index (χ0n) is 5.63. The number of carbonyl (C=O) groups excluding carboxylic acids is 1. The van der Waals surface area contributed by atoms with Crippen LogP contribution in [-0.4, -0.2) is 16.8 Å². The van der Waals surface area contributed by atoms with Gasteiger partial charge in [0.2, 0.25) is 5.72 Å². The zero-order valence-corrected chi connectivity index (χ0v) is 7.19. The third-order valence-electron chi connectivity index (χ3n) is 1.000. The molecule has 10 heavy (non-hydrogen) atoms. The first-order chi connectivity index (χ1) is 4.04. The van der Waals surface area contributed by atoms with Crippen LogP contribution in [0.15, 0.2) is 0 Å². The van der Waals surface area contributed by atoms with Crippen molar-refractivity contribution in [2.75, 3.05) is 0 Å². The SMILES string of the molecule is CCC(N)(O)C(=O)ON.[Ti]. The molecule has 5 nitrogen and oxygen atoms in total. The molecule has 0 heterocycles. The van der Waals surface area contributed by atoms with Gasteiger partial charge in [-0.2, -0.15) is 5.90 Å². The van der Waals surface area contributed by atoms with Crippen LogP contribution in [0.2, 0.25) is 0 Å². The molecule has 6 heteroatoms. The van der Waals surface area contributed by atoms with E-state index >= 15 is 0 Å². The van der Waals surface area contributed by atoms with Crippen molar-refractivity contribution in [1.29, 1.82) is 0 Å². The molecule has 0 aliphatic heterocycles. The van der Waals surface area contributed by atoms with Crippen LogP contribution in [0.1, 0.15) is 13.3 Å². The molecule has 0 amide bonds. The number of aliphatic hydroxyl groups is 1. The Morgan fingerprint density at radius 3 is 2.30 bits per heavy atom. The second-order valence-corrected chi connectivity index (χ2v) is 1.68. The van der Waals surface area contributed by atoms with Crippen molar-refractivity contribution in [3.05, 3.63) is 0 Å². The van der Waals surface area contributed by atoms with Crippen LogP contribution in [0.4, 0.5) is 0 Å². The van der Waals surface area contributed by atoms with Crippen molar-refractivity contribution in [1.82, 2.24) is 0 Å². The zero-order chi connectivity index (χ0) is 7.49. The van der Waals surface area contributed by atoms with Gasteiger partial charge in [-0.3, -0.25) is 5.73 Å². The molecule has 0 aliphatic rings. The molecule has 0 spiro atoms. The summed E-state index contributed by atoms with van der Waals surface area (Å²) in [6, 6.07) is 0. The van der Waals surface area contributed by atoms with Gasteiger partial charge in [-0.1, -0.05) is 6.92 Å². The maximum atomic E-state index is 10.3. The molecule has 5 N–H and O–H groups in total. The molecule has 0 rings (SSSR count). The van der Waals surface area contributed by atoms with Crippen molar-refractivity contribution in [2.45, 2.75) is 19.1 Å². The van der Waals surface area contributed by atoms with Crippen LogP contribution < -0.4 is 11.6 Å². The Bertz CT molecular complexity index is 117. The van der Waals surface area contributed by atoms with E-state index in [9.17, 15) is 4.79 Å². The molecule has 0 aromatic rings. The average Bonchev–Trinajstić information content (AvgIpc) is 1.86. The molecular formula is C4H10N2O3Ti. The first kappa shape index (κ1) is 12.7. The third-order valence-corrected chi connectivity index (χ3v) is 1.000. The smallest absolute Gasteiger partial charge is 0.370 e. The van der Waals surface area contributed by atoms with Gasteiger partial charge in [-0.25, -0.2) is 4.79 Å². The van der Waals surface area contributed by atoms with E-state index in [1.807, 2.05) is 0 Å². The monoisotopic (exact) mass is 182 g/mol. The van der Waals surface area contributed by atoms with Crippen LogP contribution in [0.5, 0.6) is 0 Å². The summed E-state index contributed by atoms with van der Waals surface area (Å²) >= 11 is 0. The Kier molecular flexibility index (Phi) is 6.12. The molecule has 0 radical (unpaired) electrons. The second-order valence-electron chi connectivity index (χ2n) is 1.68. The van der Waals surface area contributed by atoms with E-state index in [0.717, 1.165) is 0 Å². The Morgan fingerprint density at radius 1 is 1.80 bits per heavy atom. The maximum absolute atomic E-state index is 10.3. The van der Waals surface area contributed by atoms with Gasteiger partial charge in [0, 0.05) is 21.7 Å². The minimum atomic E-state index is -1.94. The van der Waals surface area contributed by atoms with Gasteiger partial charge in [0.1, 0.15) is 0 Å². The first-order valence-electron chi connectivity index (χ1n) is 2.47. The maximum Gasteiger partial charge on any atom is 0.371 e. The van der Waals surface area contributed by atoms with Crippen molar-refractivity contribution in [3.8, 4) is 0 Å². The summed E-state index contributed by atoms with van der Waals surface area (Å²) in [6.45, 7) is 1.54. The minimum absolute atomic E-state index is 0. The summed E-state index contributed by atoms with van der Waals surface area (Å²) in [7, 11) is 0. The molecule has 0 saturated carbocycles. The quantitative estimate of drug-likeness (QED) is 0.273. The second kappa shape index (κ2) is 4.82. The summed E-state index contributed by atoms with van der Waals surface area (Å²) in [5, 5.41) is 8.81. The molecular weight excluding hydrogens is 172 g/mol. The molecule has 0 fully saturated rings. The fourth-order valence-corrected chi connectivity index (χ4v) is 0.246. The molecule has 1 atom stereocenters. The van der Waals surface area contributed by atoms with Crippen LogP contribution in [0.25, 0.3) is 0 Å². The van der Waals surface area contributed by atoms with E-state index in [2.05, 4.69) is 10.7 Å². The summed E-state index contributed by atoms with van der Waals surface area (Å²) < 4.78 is 0. The summed E-state index contributed by atoms with van der Waals surface area (Å²) in [5.74, 6) is 3.42. The minimum Gasteiger partial charge on any atom is -0.370 e. The van der Waals surface area contributed by atoms with E-state index in [4.69, 9.17) is 10.8 Å². The summed E-state index contributed by atoms with van der Waals surface area (Å²) in [5.41, 5.74) is 3.04. The largest absolute Gasteiger partial charge is 0.371 e. The Labute approximate surface area is 73.5 Å². The number of hydrogen-bond donors (Lipinski definition) is 3. The van der Waals surface area contributed by atoms with Crippen molar-refractivity contribution in [3.63, 3.8) is 0 Å². The predicted molar refractivity (Wildman–Crippen MR) is 29.7 cm³/mol. The van der Waals surface area contributed by atoms with Gasteiger partial charge in [0.15, 0.2) is 0 Å². The van der Waals surface area contributed by atoms with Crippen molar-refractivity contribution >= 4 is 5.97 Å². The molecule has 0 saturated heterocycles. The number of carbonyl (C=O) groups is 1.